The van der Waals surface area contributed by atoms with Crippen LogP contribution in [0.5, 0.6) is 0 Å². The maximum Gasteiger partial charge on any atom is 0.313 e. The summed E-state index contributed by atoms with van der Waals surface area (Å²) in [5.41, 5.74) is 1.43. The second-order valence-electron chi connectivity index (χ2n) is 6.47. The predicted molar refractivity (Wildman–Crippen MR) is 86.9 cm³/mol. The van der Waals surface area contributed by atoms with Gasteiger partial charge in [-0.3, -0.25) is 4.79 Å². The van der Waals surface area contributed by atoms with Crippen LogP contribution < -0.4 is 0 Å². The largest absolute Gasteiger partial charge is 0.481 e. The number of aliphatic hydroxyl groups is 1. The van der Waals surface area contributed by atoms with Crippen molar-refractivity contribution in [1.82, 2.24) is 5.16 Å². The summed E-state index contributed by atoms with van der Waals surface area (Å²) in [6, 6.07) is 6.94. The van der Waals surface area contributed by atoms with Gasteiger partial charge in [0.25, 0.3) is 0 Å². The van der Waals surface area contributed by atoms with Crippen LogP contribution in [-0.2, 0) is 10.2 Å². The quantitative estimate of drug-likeness (QED) is 0.760. The van der Waals surface area contributed by atoms with E-state index in [4.69, 9.17) is 8.94 Å². The molecule has 0 saturated heterocycles. The number of aliphatic hydroxyl groups excluding tert-OH is 1. The fraction of sp³-hybridized carbons (Fsp3) is 0.333. The normalized spacial score (nSPS) is 13.4. The number of fused-ring (bicyclic) bond motifs is 1. The number of carboxylic acid groups (broad SMARTS) is 1. The molecule has 0 fully saturated rings. The summed E-state index contributed by atoms with van der Waals surface area (Å²) >= 11 is 0. The second kappa shape index (κ2) is 5.49. The average Bonchev–Trinajstić information content (AvgIpc) is 3.09. The van der Waals surface area contributed by atoms with E-state index < -0.39 is 17.5 Å². The summed E-state index contributed by atoms with van der Waals surface area (Å²) in [5.74, 6) is -0.000777. The highest BCUT2D eigenvalue weighted by molar-refractivity contribution is 5.85. The van der Waals surface area contributed by atoms with Crippen LogP contribution in [0.4, 0.5) is 0 Å². The molecule has 3 aromatic rings. The molecular weight excluding hydrogens is 310 g/mol. The Labute approximate surface area is 138 Å². The highest BCUT2D eigenvalue weighted by Crippen LogP contribution is 2.33. The summed E-state index contributed by atoms with van der Waals surface area (Å²) in [6.45, 7) is 6.78. The molecule has 0 amide bonds. The molecule has 0 aliphatic carbocycles. The molecule has 1 aromatic carbocycles. The molecule has 6 heteroatoms. The molecule has 0 spiro atoms. The first kappa shape index (κ1) is 16.3. The SMILES string of the molecule is Cc1noc(C)c1C(O)c1cc2cc(C(C)(C)C(=O)O)ccc2o1. The van der Waals surface area contributed by atoms with E-state index in [-0.39, 0.29) is 0 Å². The molecule has 0 bridgehead atoms. The average molecular weight is 329 g/mol. The molecule has 2 heterocycles. The van der Waals surface area contributed by atoms with Gasteiger partial charge in [-0.1, -0.05) is 11.2 Å². The van der Waals surface area contributed by atoms with Gasteiger partial charge < -0.3 is 19.2 Å². The van der Waals surface area contributed by atoms with E-state index >= 15 is 0 Å². The van der Waals surface area contributed by atoms with E-state index in [0.717, 1.165) is 5.39 Å². The van der Waals surface area contributed by atoms with Crippen LogP contribution in [0.1, 0.15) is 48.3 Å². The first-order valence-corrected chi connectivity index (χ1v) is 7.60. The van der Waals surface area contributed by atoms with Crippen LogP contribution >= 0.6 is 0 Å². The number of aliphatic carboxylic acids is 1. The van der Waals surface area contributed by atoms with E-state index in [1.165, 1.54) is 0 Å². The van der Waals surface area contributed by atoms with Crippen molar-refractivity contribution >= 4 is 16.9 Å². The number of carboxylic acids is 1. The van der Waals surface area contributed by atoms with Gasteiger partial charge in [0, 0.05) is 5.39 Å². The molecule has 0 aliphatic rings. The minimum atomic E-state index is -1.01. The van der Waals surface area contributed by atoms with Crippen molar-refractivity contribution in [2.45, 2.75) is 39.2 Å². The van der Waals surface area contributed by atoms with Gasteiger partial charge in [0.05, 0.1) is 16.7 Å². The minimum absolute atomic E-state index is 0.365. The molecule has 2 aromatic heterocycles. The highest BCUT2D eigenvalue weighted by Gasteiger charge is 2.30. The monoisotopic (exact) mass is 329 g/mol. The van der Waals surface area contributed by atoms with Crippen LogP contribution in [-0.4, -0.2) is 21.3 Å². The Bertz CT molecular complexity index is 899. The van der Waals surface area contributed by atoms with E-state index in [0.29, 0.717) is 33.9 Å². The van der Waals surface area contributed by atoms with E-state index in [9.17, 15) is 15.0 Å². The number of hydrogen-bond donors (Lipinski definition) is 2. The number of furan rings is 1. The maximum absolute atomic E-state index is 11.4. The molecule has 3 rings (SSSR count). The van der Waals surface area contributed by atoms with Crippen molar-refractivity contribution < 1.29 is 23.9 Å². The second-order valence-corrected chi connectivity index (χ2v) is 6.47. The number of hydrogen-bond acceptors (Lipinski definition) is 5. The Morgan fingerprint density at radius 2 is 1.96 bits per heavy atom. The molecule has 1 unspecified atom stereocenters. The topological polar surface area (TPSA) is 96.7 Å². The maximum atomic E-state index is 11.4. The Morgan fingerprint density at radius 1 is 1.25 bits per heavy atom. The molecule has 6 nitrogen and oxygen atoms in total. The van der Waals surface area contributed by atoms with Crippen LogP contribution in [0.3, 0.4) is 0 Å². The highest BCUT2D eigenvalue weighted by atomic mass is 16.5. The van der Waals surface area contributed by atoms with Gasteiger partial charge >= 0.3 is 5.97 Å². The molecular formula is C18H19NO5. The van der Waals surface area contributed by atoms with E-state index in [1.807, 2.05) is 0 Å². The third-order valence-electron chi connectivity index (χ3n) is 4.42. The summed E-state index contributed by atoms with van der Waals surface area (Å²) in [5, 5.41) is 24.5. The van der Waals surface area contributed by atoms with Crippen molar-refractivity contribution in [3.05, 3.63) is 52.6 Å². The molecule has 0 radical (unpaired) electrons. The molecule has 0 saturated carbocycles. The fourth-order valence-electron chi connectivity index (χ4n) is 2.73. The van der Waals surface area contributed by atoms with Gasteiger partial charge in [-0.15, -0.1) is 0 Å². The lowest BCUT2D eigenvalue weighted by atomic mass is 9.84. The Kier molecular flexibility index (Phi) is 3.72. The van der Waals surface area contributed by atoms with Crippen LogP contribution in [0.2, 0.25) is 0 Å². The first-order chi connectivity index (χ1) is 11.2. The standard InChI is InChI=1S/C18H19NO5/c1-9-15(10(2)24-19-9)16(20)14-8-11-7-12(5-6-13(11)23-14)18(3,4)17(21)22/h5-8,16,20H,1-4H3,(H,21,22). The lowest BCUT2D eigenvalue weighted by molar-refractivity contribution is -0.142. The number of benzene rings is 1. The third kappa shape index (κ3) is 2.49. The summed E-state index contributed by atoms with van der Waals surface area (Å²) in [7, 11) is 0. The lowest BCUT2D eigenvalue weighted by Gasteiger charge is -2.19. The predicted octanol–water partition coefficient (Wildman–Crippen LogP) is 3.48. The van der Waals surface area contributed by atoms with Crippen LogP contribution in [0, 0.1) is 13.8 Å². The van der Waals surface area contributed by atoms with Gasteiger partial charge in [-0.2, -0.15) is 0 Å². The van der Waals surface area contributed by atoms with Gasteiger partial charge in [0.1, 0.15) is 23.2 Å². The fourth-order valence-corrected chi connectivity index (χ4v) is 2.73. The van der Waals surface area contributed by atoms with Crippen LogP contribution in [0.25, 0.3) is 11.0 Å². The molecule has 126 valence electrons. The number of rotatable bonds is 4. The van der Waals surface area contributed by atoms with Crippen molar-refractivity contribution in [1.29, 1.82) is 0 Å². The summed E-state index contributed by atoms with van der Waals surface area (Å²) < 4.78 is 10.8. The Morgan fingerprint density at radius 3 is 2.54 bits per heavy atom. The summed E-state index contributed by atoms with van der Waals surface area (Å²) in [6.07, 6.45) is -0.986. The number of carbonyl (C=O) groups is 1. The van der Waals surface area contributed by atoms with Gasteiger partial charge in [0.2, 0.25) is 0 Å². The van der Waals surface area contributed by atoms with Crippen molar-refractivity contribution in [3.63, 3.8) is 0 Å². The number of aryl methyl sites for hydroxylation is 2. The van der Waals surface area contributed by atoms with Gasteiger partial charge in [-0.05, 0) is 51.5 Å². The smallest absolute Gasteiger partial charge is 0.313 e. The third-order valence-corrected chi connectivity index (χ3v) is 4.42. The molecule has 1 atom stereocenters. The molecule has 0 aliphatic heterocycles. The Hall–Kier alpha value is -2.60. The van der Waals surface area contributed by atoms with Crippen molar-refractivity contribution in [2.24, 2.45) is 0 Å². The van der Waals surface area contributed by atoms with Crippen molar-refractivity contribution in [3.8, 4) is 0 Å². The summed E-state index contributed by atoms with van der Waals surface area (Å²) in [4.78, 5) is 11.4. The van der Waals surface area contributed by atoms with Gasteiger partial charge in [-0.25, -0.2) is 0 Å². The number of aromatic nitrogens is 1. The lowest BCUT2D eigenvalue weighted by Crippen LogP contribution is -2.28. The zero-order chi connectivity index (χ0) is 17.6. The zero-order valence-electron chi connectivity index (χ0n) is 14.0. The van der Waals surface area contributed by atoms with Crippen LogP contribution in [0.15, 0.2) is 33.2 Å². The van der Waals surface area contributed by atoms with E-state index in [1.54, 1.807) is 52.0 Å². The first-order valence-electron chi connectivity index (χ1n) is 7.60. The zero-order valence-corrected chi connectivity index (χ0v) is 14.0. The Balaban J connectivity index is 2.05. The van der Waals surface area contributed by atoms with Crippen molar-refractivity contribution in [2.75, 3.05) is 0 Å². The minimum Gasteiger partial charge on any atom is -0.481 e. The molecule has 2 N–H and O–H groups in total. The number of nitrogens with zero attached hydrogens (tertiary/aromatic N) is 1. The van der Waals surface area contributed by atoms with Gasteiger partial charge in [0.15, 0.2) is 0 Å². The molecule has 24 heavy (non-hydrogen) atoms. The van der Waals surface area contributed by atoms with E-state index in [2.05, 4.69) is 5.16 Å².